The summed E-state index contributed by atoms with van der Waals surface area (Å²) in [4.78, 5) is 5.14. The van der Waals surface area contributed by atoms with E-state index in [-0.39, 0.29) is 17.4 Å². The summed E-state index contributed by atoms with van der Waals surface area (Å²) < 4.78 is 30.6. The van der Waals surface area contributed by atoms with Crippen molar-refractivity contribution in [2.45, 2.75) is 17.4 Å². The molecular formula is C20H21NO3S. The van der Waals surface area contributed by atoms with E-state index in [1.54, 1.807) is 18.2 Å². The highest BCUT2D eigenvalue weighted by Crippen LogP contribution is 2.41. The molecule has 0 aliphatic carbocycles. The predicted molar refractivity (Wildman–Crippen MR) is 99.5 cm³/mol. The van der Waals surface area contributed by atoms with Crippen LogP contribution in [0, 0.1) is 5.92 Å². The first kappa shape index (κ1) is 17.4. The molecule has 0 saturated carbocycles. The standard InChI is InChI=1S/C20H21NO3S/c1-4-15(2)19-21-20(14-24-19,16-10-6-5-7-11-16)17-12-8-9-13-18(17)25(3,22)23/h4-13,15H,1,14H2,2-3H3. The number of aliphatic imine (C=N–C) groups is 1. The number of hydrogen-bond donors (Lipinski definition) is 0. The molecule has 5 heteroatoms. The van der Waals surface area contributed by atoms with Gasteiger partial charge >= 0.3 is 0 Å². The average molecular weight is 355 g/mol. The molecule has 130 valence electrons. The average Bonchev–Trinajstić information content (AvgIpc) is 3.08. The third-order valence-electron chi connectivity index (χ3n) is 4.46. The fourth-order valence-electron chi connectivity index (χ4n) is 3.05. The molecule has 2 aromatic carbocycles. The Balaban J connectivity index is 2.30. The van der Waals surface area contributed by atoms with Crippen molar-refractivity contribution in [2.24, 2.45) is 10.9 Å². The molecule has 2 atom stereocenters. The lowest BCUT2D eigenvalue weighted by atomic mass is 9.84. The third kappa shape index (κ3) is 3.12. The number of sulfone groups is 1. The Morgan fingerprint density at radius 2 is 1.80 bits per heavy atom. The van der Waals surface area contributed by atoms with Gasteiger partial charge in [-0.2, -0.15) is 0 Å². The molecular weight excluding hydrogens is 334 g/mol. The second-order valence-electron chi connectivity index (χ2n) is 6.26. The molecule has 3 rings (SSSR count). The van der Waals surface area contributed by atoms with Gasteiger partial charge in [0.15, 0.2) is 15.7 Å². The zero-order chi connectivity index (χ0) is 18.1. The van der Waals surface area contributed by atoms with Crippen LogP contribution in [0.1, 0.15) is 18.1 Å². The van der Waals surface area contributed by atoms with E-state index in [4.69, 9.17) is 9.73 Å². The van der Waals surface area contributed by atoms with Crippen molar-refractivity contribution in [3.05, 3.63) is 78.4 Å². The Labute approximate surface area is 148 Å². The second kappa shape index (κ2) is 6.48. The Morgan fingerprint density at radius 1 is 1.16 bits per heavy atom. The van der Waals surface area contributed by atoms with E-state index >= 15 is 0 Å². The fourth-order valence-corrected chi connectivity index (χ4v) is 4.01. The predicted octanol–water partition coefficient (Wildman–Crippen LogP) is 3.58. The number of nitrogens with zero attached hydrogens (tertiary/aromatic N) is 1. The van der Waals surface area contributed by atoms with Crippen LogP contribution in [0.5, 0.6) is 0 Å². The molecule has 0 N–H and O–H groups in total. The van der Waals surface area contributed by atoms with Crippen LogP contribution in [0.15, 0.2) is 77.1 Å². The molecule has 0 aromatic heterocycles. The fraction of sp³-hybridized carbons (Fsp3) is 0.250. The van der Waals surface area contributed by atoms with Gasteiger partial charge in [0.2, 0.25) is 0 Å². The Morgan fingerprint density at radius 3 is 2.44 bits per heavy atom. The summed E-state index contributed by atoms with van der Waals surface area (Å²) in [6.07, 6.45) is 2.99. The maximum absolute atomic E-state index is 12.4. The number of hydrogen-bond acceptors (Lipinski definition) is 4. The van der Waals surface area contributed by atoms with E-state index in [9.17, 15) is 8.42 Å². The van der Waals surface area contributed by atoms with Crippen LogP contribution >= 0.6 is 0 Å². The number of ether oxygens (including phenoxy) is 1. The van der Waals surface area contributed by atoms with Crippen molar-refractivity contribution in [1.82, 2.24) is 0 Å². The van der Waals surface area contributed by atoms with Gasteiger partial charge < -0.3 is 4.74 Å². The normalized spacial score (nSPS) is 21.3. The molecule has 2 aromatic rings. The summed E-state index contributed by atoms with van der Waals surface area (Å²) in [6.45, 7) is 6.01. The maximum Gasteiger partial charge on any atom is 0.191 e. The highest BCUT2D eigenvalue weighted by atomic mass is 32.2. The van der Waals surface area contributed by atoms with E-state index in [2.05, 4.69) is 6.58 Å². The lowest BCUT2D eigenvalue weighted by molar-refractivity contribution is 0.271. The van der Waals surface area contributed by atoms with Gasteiger partial charge in [0, 0.05) is 17.7 Å². The SMILES string of the molecule is C=CC(C)C1=NC(c2ccccc2)(c2ccccc2S(C)(=O)=O)CO1. The summed E-state index contributed by atoms with van der Waals surface area (Å²) in [5.74, 6) is 0.526. The quantitative estimate of drug-likeness (QED) is 0.770. The maximum atomic E-state index is 12.4. The molecule has 1 aliphatic heterocycles. The first-order valence-electron chi connectivity index (χ1n) is 8.08. The van der Waals surface area contributed by atoms with Gasteiger partial charge in [-0.05, 0) is 11.6 Å². The van der Waals surface area contributed by atoms with Crippen LogP contribution in [0.4, 0.5) is 0 Å². The van der Waals surface area contributed by atoms with Gasteiger partial charge in [0.1, 0.15) is 12.1 Å². The van der Waals surface area contributed by atoms with Crippen molar-refractivity contribution >= 4 is 15.7 Å². The van der Waals surface area contributed by atoms with Crippen LogP contribution in [-0.4, -0.2) is 27.2 Å². The minimum absolute atomic E-state index is 0.0454. The summed E-state index contributed by atoms with van der Waals surface area (Å²) in [5.41, 5.74) is 0.653. The van der Waals surface area contributed by atoms with Crippen molar-refractivity contribution in [1.29, 1.82) is 0 Å². The van der Waals surface area contributed by atoms with E-state index in [0.717, 1.165) is 5.56 Å². The Hall–Kier alpha value is -2.40. The van der Waals surface area contributed by atoms with Crippen LogP contribution in [0.25, 0.3) is 0 Å². The lowest BCUT2D eigenvalue weighted by Crippen LogP contribution is -2.29. The monoisotopic (exact) mass is 355 g/mol. The summed E-state index contributed by atoms with van der Waals surface area (Å²) in [5, 5.41) is 0. The van der Waals surface area contributed by atoms with Gasteiger partial charge in [-0.25, -0.2) is 13.4 Å². The minimum atomic E-state index is -3.41. The Bertz CT molecular complexity index is 919. The first-order chi connectivity index (χ1) is 11.9. The van der Waals surface area contributed by atoms with Crippen LogP contribution in [0.3, 0.4) is 0 Å². The molecule has 0 bridgehead atoms. The van der Waals surface area contributed by atoms with Crippen LogP contribution < -0.4 is 0 Å². The molecule has 1 heterocycles. The van der Waals surface area contributed by atoms with Crippen LogP contribution in [0.2, 0.25) is 0 Å². The van der Waals surface area contributed by atoms with Gasteiger partial charge in [-0.3, -0.25) is 0 Å². The van der Waals surface area contributed by atoms with E-state index in [1.807, 2.05) is 49.4 Å². The number of rotatable bonds is 5. The molecule has 0 radical (unpaired) electrons. The van der Waals surface area contributed by atoms with Gasteiger partial charge in [-0.1, -0.05) is 61.5 Å². The third-order valence-corrected chi connectivity index (χ3v) is 5.61. The zero-order valence-electron chi connectivity index (χ0n) is 14.3. The summed E-state index contributed by atoms with van der Waals surface area (Å²) >= 11 is 0. The molecule has 0 fully saturated rings. The molecule has 1 aliphatic rings. The number of benzene rings is 2. The highest BCUT2D eigenvalue weighted by Gasteiger charge is 2.43. The van der Waals surface area contributed by atoms with Gasteiger partial charge in [0.05, 0.1) is 4.90 Å². The van der Waals surface area contributed by atoms with Crippen molar-refractivity contribution < 1.29 is 13.2 Å². The Kier molecular flexibility index (Phi) is 4.52. The second-order valence-corrected chi connectivity index (χ2v) is 8.24. The zero-order valence-corrected chi connectivity index (χ0v) is 15.2. The topological polar surface area (TPSA) is 55.7 Å². The minimum Gasteiger partial charge on any atom is -0.477 e. The van der Waals surface area contributed by atoms with Crippen molar-refractivity contribution in [3.63, 3.8) is 0 Å². The van der Waals surface area contributed by atoms with Crippen molar-refractivity contribution in [3.8, 4) is 0 Å². The van der Waals surface area contributed by atoms with E-state index in [0.29, 0.717) is 11.5 Å². The van der Waals surface area contributed by atoms with E-state index in [1.165, 1.54) is 6.26 Å². The smallest absolute Gasteiger partial charge is 0.191 e. The molecule has 0 amide bonds. The molecule has 4 nitrogen and oxygen atoms in total. The summed E-state index contributed by atoms with van der Waals surface area (Å²) in [6, 6.07) is 16.7. The van der Waals surface area contributed by atoms with Gasteiger partial charge in [0.25, 0.3) is 0 Å². The molecule has 25 heavy (non-hydrogen) atoms. The van der Waals surface area contributed by atoms with Crippen LogP contribution in [-0.2, 0) is 20.1 Å². The highest BCUT2D eigenvalue weighted by molar-refractivity contribution is 7.90. The lowest BCUT2D eigenvalue weighted by Gasteiger charge is -2.27. The molecule has 0 saturated heterocycles. The van der Waals surface area contributed by atoms with Gasteiger partial charge in [-0.15, -0.1) is 6.58 Å². The first-order valence-corrected chi connectivity index (χ1v) is 9.98. The molecule has 0 spiro atoms. The molecule has 2 unspecified atom stereocenters. The largest absolute Gasteiger partial charge is 0.477 e. The summed E-state index contributed by atoms with van der Waals surface area (Å²) in [7, 11) is -3.41. The van der Waals surface area contributed by atoms with Crippen molar-refractivity contribution in [2.75, 3.05) is 12.9 Å². The van der Waals surface area contributed by atoms with E-state index < -0.39 is 15.4 Å².